The molecule has 2 atom stereocenters. The lowest BCUT2D eigenvalue weighted by atomic mass is 10.1. The van der Waals surface area contributed by atoms with Gasteiger partial charge in [-0.15, -0.1) is 0 Å². The molecule has 0 radical (unpaired) electrons. The number of pyridine rings is 1. The molecule has 0 unspecified atom stereocenters. The number of carbonyl (C=O) groups excluding carboxylic acids is 1. The third kappa shape index (κ3) is 2.85. The number of hydrogen-bond acceptors (Lipinski definition) is 5. The van der Waals surface area contributed by atoms with Gasteiger partial charge in [0.1, 0.15) is 9.52 Å². The number of ether oxygens (including phenoxy) is 1. The first-order chi connectivity index (χ1) is 12.8. The lowest BCUT2D eigenvalue weighted by Gasteiger charge is -2.22. The van der Waals surface area contributed by atoms with E-state index >= 15 is 0 Å². The van der Waals surface area contributed by atoms with E-state index in [-0.39, 0.29) is 11.4 Å². The van der Waals surface area contributed by atoms with Crippen molar-refractivity contribution in [2.75, 3.05) is 25.1 Å². The summed E-state index contributed by atoms with van der Waals surface area (Å²) in [6, 6.07) is 4.13. The lowest BCUT2D eigenvalue weighted by molar-refractivity contribution is -0.146. The van der Waals surface area contributed by atoms with Crippen molar-refractivity contribution in [1.82, 2.24) is 14.8 Å². The summed E-state index contributed by atoms with van der Waals surface area (Å²) in [5.41, 5.74) is 4.10. The van der Waals surface area contributed by atoms with E-state index in [4.69, 9.17) is 14.8 Å². The Balaban J connectivity index is 1.62. The number of esters is 1. The molecule has 3 heterocycles. The summed E-state index contributed by atoms with van der Waals surface area (Å²) in [6.45, 7) is 10.1. The summed E-state index contributed by atoms with van der Waals surface area (Å²) in [5.74, 6) is 1.68. The van der Waals surface area contributed by atoms with Gasteiger partial charge in [0, 0.05) is 24.3 Å². The number of aryl methyl sites for hydroxylation is 1. The molecular weight excluding hydrogens is 455 g/mol. The van der Waals surface area contributed by atoms with Gasteiger partial charge in [0.2, 0.25) is 0 Å². The van der Waals surface area contributed by atoms with Crippen LogP contribution in [0, 0.1) is 28.9 Å². The highest BCUT2D eigenvalue weighted by atomic mass is 127. The van der Waals surface area contributed by atoms with Gasteiger partial charge in [-0.2, -0.15) is 5.10 Å². The Hall–Kier alpha value is -1.64. The normalized spacial score (nSPS) is 23.7. The van der Waals surface area contributed by atoms with Crippen LogP contribution in [0.15, 0.2) is 12.1 Å². The molecule has 0 spiro atoms. The second kappa shape index (κ2) is 6.46. The molecule has 1 saturated heterocycles. The lowest BCUT2D eigenvalue weighted by Crippen LogP contribution is -2.30. The zero-order valence-electron chi connectivity index (χ0n) is 16.4. The summed E-state index contributed by atoms with van der Waals surface area (Å²) in [6.07, 6.45) is 0.941. The average molecular weight is 480 g/mol. The molecule has 6 nitrogen and oxygen atoms in total. The van der Waals surface area contributed by atoms with Crippen LogP contribution in [-0.2, 0) is 9.53 Å². The maximum atomic E-state index is 12.1. The summed E-state index contributed by atoms with van der Waals surface area (Å²) in [7, 11) is 1.48. The second-order valence-corrected chi connectivity index (χ2v) is 9.08. The highest BCUT2D eigenvalue weighted by molar-refractivity contribution is 14.1. The molecule has 2 fully saturated rings. The van der Waals surface area contributed by atoms with E-state index in [0.717, 1.165) is 33.9 Å². The van der Waals surface area contributed by atoms with Crippen molar-refractivity contribution in [2.24, 2.45) is 11.3 Å². The second-order valence-electron chi connectivity index (χ2n) is 8.06. The summed E-state index contributed by atoms with van der Waals surface area (Å²) < 4.78 is 8.06. The van der Waals surface area contributed by atoms with Gasteiger partial charge in [-0.25, -0.2) is 9.67 Å². The third-order valence-corrected chi connectivity index (χ3v) is 6.82. The quantitative estimate of drug-likeness (QED) is 0.495. The Morgan fingerprint density at radius 3 is 2.70 bits per heavy atom. The number of fused-ring (bicyclic) bond motifs is 1. The van der Waals surface area contributed by atoms with Gasteiger partial charge in [0.15, 0.2) is 0 Å². The largest absolute Gasteiger partial charge is 0.469 e. The summed E-state index contributed by atoms with van der Waals surface area (Å²) in [5, 5.41) is 4.74. The Morgan fingerprint density at radius 2 is 2.11 bits per heavy atom. The van der Waals surface area contributed by atoms with Gasteiger partial charge in [-0.05, 0) is 66.8 Å². The number of methoxy groups -OCH3 is 1. The Bertz CT molecular complexity index is 923. The van der Waals surface area contributed by atoms with Crippen molar-refractivity contribution in [3.8, 4) is 5.69 Å². The number of nitrogens with zero attached hydrogens (tertiary/aromatic N) is 4. The van der Waals surface area contributed by atoms with Crippen molar-refractivity contribution in [3.63, 3.8) is 0 Å². The Kier molecular flexibility index (Phi) is 4.48. The van der Waals surface area contributed by atoms with Crippen molar-refractivity contribution < 1.29 is 9.53 Å². The first-order valence-electron chi connectivity index (χ1n) is 9.35. The molecule has 27 heavy (non-hydrogen) atoms. The minimum absolute atomic E-state index is 0.0775. The number of halogens is 1. The fraction of sp³-hybridized carbons (Fsp3) is 0.550. The van der Waals surface area contributed by atoms with Crippen molar-refractivity contribution >= 4 is 34.4 Å². The molecule has 4 rings (SSSR count). The fourth-order valence-corrected chi connectivity index (χ4v) is 5.72. The fourth-order valence-electron chi connectivity index (χ4n) is 4.49. The van der Waals surface area contributed by atoms with Gasteiger partial charge in [-0.3, -0.25) is 4.79 Å². The topological polar surface area (TPSA) is 60.2 Å². The molecule has 1 saturated carbocycles. The highest BCUT2D eigenvalue weighted by Crippen LogP contribution is 2.58. The molecular formula is C20H25IN4O2. The van der Waals surface area contributed by atoms with Crippen molar-refractivity contribution in [3.05, 3.63) is 32.8 Å². The number of anilines is 1. The van der Waals surface area contributed by atoms with E-state index in [1.165, 1.54) is 18.4 Å². The third-order valence-electron chi connectivity index (χ3n) is 6.03. The standard InChI is InChI=1S/C20H25IN4O2/c1-11(2)17-13(4)25(23-18(17)21)15-6-7-16(22-12(15)3)24-9-14-8-20(14,10-24)19(26)27-5/h6-7,11,14H,8-10H2,1-5H3/t14-,20-/m0/s1. The highest BCUT2D eigenvalue weighted by Gasteiger charge is 2.66. The van der Waals surface area contributed by atoms with Crippen LogP contribution in [0.25, 0.3) is 5.69 Å². The molecule has 1 aliphatic carbocycles. The Morgan fingerprint density at radius 1 is 1.37 bits per heavy atom. The predicted octanol–water partition coefficient (Wildman–Crippen LogP) is 3.61. The SMILES string of the molecule is COC(=O)[C@]12C[C@H]1CN(c1ccc(-n3nc(I)c(C(C)C)c3C)c(C)n1)C2. The van der Waals surface area contributed by atoms with Crippen molar-refractivity contribution in [2.45, 2.75) is 40.0 Å². The zero-order chi connectivity index (χ0) is 19.5. The number of piperidine rings is 1. The minimum Gasteiger partial charge on any atom is -0.469 e. The first-order valence-corrected chi connectivity index (χ1v) is 10.4. The summed E-state index contributed by atoms with van der Waals surface area (Å²) >= 11 is 2.31. The number of rotatable bonds is 4. The molecule has 0 bridgehead atoms. The smallest absolute Gasteiger partial charge is 0.313 e. The number of aromatic nitrogens is 3. The summed E-state index contributed by atoms with van der Waals surface area (Å²) in [4.78, 5) is 19.2. The molecule has 144 valence electrons. The molecule has 2 aromatic heterocycles. The Labute approximate surface area is 173 Å². The maximum absolute atomic E-state index is 12.1. The molecule has 0 amide bonds. The number of carbonyl (C=O) groups is 1. The van der Waals surface area contributed by atoms with Crippen LogP contribution in [0.4, 0.5) is 5.82 Å². The van der Waals surface area contributed by atoms with Gasteiger partial charge < -0.3 is 9.64 Å². The van der Waals surface area contributed by atoms with E-state index in [0.29, 0.717) is 18.4 Å². The molecule has 1 aliphatic heterocycles. The van der Waals surface area contributed by atoms with Gasteiger partial charge in [-0.1, -0.05) is 13.8 Å². The maximum Gasteiger partial charge on any atom is 0.313 e. The van der Waals surface area contributed by atoms with E-state index in [2.05, 4.69) is 54.3 Å². The van der Waals surface area contributed by atoms with Crippen LogP contribution in [0.3, 0.4) is 0 Å². The molecule has 2 aliphatic rings. The van der Waals surface area contributed by atoms with Gasteiger partial charge in [0.25, 0.3) is 0 Å². The van der Waals surface area contributed by atoms with Gasteiger partial charge >= 0.3 is 5.97 Å². The van der Waals surface area contributed by atoms with Gasteiger partial charge in [0.05, 0.1) is 23.9 Å². The van der Waals surface area contributed by atoms with Crippen LogP contribution >= 0.6 is 22.6 Å². The number of hydrogen-bond donors (Lipinski definition) is 0. The van der Waals surface area contributed by atoms with Crippen LogP contribution in [0.5, 0.6) is 0 Å². The van der Waals surface area contributed by atoms with Crippen LogP contribution in [-0.4, -0.2) is 40.9 Å². The van der Waals surface area contributed by atoms with E-state index < -0.39 is 0 Å². The molecule has 2 aromatic rings. The molecule has 7 heteroatoms. The van der Waals surface area contributed by atoms with Crippen LogP contribution < -0.4 is 4.90 Å². The van der Waals surface area contributed by atoms with Crippen LogP contribution in [0.1, 0.15) is 43.1 Å². The average Bonchev–Trinajstić information content (AvgIpc) is 3.05. The van der Waals surface area contributed by atoms with E-state index in [1.54, 1.807) is 0 Å². The minimum atomic E-state index is -0.302. The van der Waals surface area contributed by atoms with Crippen molar-refractivity contribution in [1.29, 1.82) is 0 Å². The van der Waals surface area contributed by atoms with E-state index in [9.17, 15) is 4.79 Å². The van der Waals surface area contributed by atoms with Crippen LogP contribution in [0.2, 0.25) is 0 Å². The molecule has 0 aromatic carbocycles. The first kappa shape index (κ1) is 18.7. The zero-order valence-corrected chi connectivity index (χ0v) is 18.6. The van der Waals surface area contributed by atoms with E-state index in [1.807, 2.05) is 17.7 Å². The monoisotopic (exact) mass is 480 g/mol. The molecule has 0 N–H and O–H groups in total. The predicted molar refractivity (Wildman–Crippen MR) is 112 cm³/mol.